The van der Waals surface area contributed by atoms with Gasteiger partial charge in [-0.15, -0.1) is 0 Å². The van der Waals surface area contributed by atoms with E-state index in [0.717, 1.165) is 12.8 Å². The van der Waals surface area contributed by atoms with E-state index in [1.165, 1.54) is 18.2 Å². The van der Waals surface area contributed by atoms with Gasteiger partial charge in [0.15, 0.2) is 0 Å². The fraction of sp³-hybridized carbons (Fsp3) is 0.292. The molecular formula is C24H21FN2O4. The molecule has 0 unspecified atom stereocenters. The molecule has 1 saturated heterocycles. The zero-order chi connectivity index (χ0) is 21.7. The first-order valence-corrected chi connectivity index (χ1v) is 10.3. The van der Waals surface area contributed by atoms with Crippen LogP contribution < -0.4 is 0 Å². The van der Waals surface area contributed by atoms with Gasteiger partial charge in [-0.05, 0) is 42.7 Å². The number of hydrogen-bond donors (Lipinski definition) is 0. The Labute approximate surface area is 178 Å². The van der Waals surface area contributed by atoms with Crippen molar-refractivity contribution in [2.45, 2.75) is 18.9 Å². The molecule has 1 saturated carbocycles. The summed E-state index contributed by atoms with van der Waals surface area (Å²) >= 11 is 0. The summed E-state index contributed by atoms with van der Waals surface area (Å²) in [5.41, 5.74) is 1.66. The molecule has 2 aromatic carbocycles. The number of likely N-dealkylation sites (N-methyl/N-ethyl adjacent to an activating group) is 1. The maximum absolute atomic E-state index is 14.4. The Balaban J connectivity index is 1.32. The van der Waals surface area contributed by atoms with E-state index in [-0.39, 0.29) is 23.4 Å². The van der Waals surface area contributed by atoms with Crippen molar-refractivity contribution in [1.29, 1.82) is 0 Å². The van der Waals surface area contributed by atoms with E-state index in [0.29, 0.717) is 35.5 Å². The molecular weight excluding hydrogens is 399 g/mol. The normalized spacial score (nSPS) is 19.1. The minimum atomic E-state index is -0.609. The molecule has 31 heavy (non-hydrogen) atoms. The smallest absolute Gasteiger partial charge is 0.344 e. The van der Waals surface area contributed by atoms with Gasteiger partial charge in [-0.1, -0.05) is 24.3 Å². The molecule has 5 rings (SSSR count). The predicted octanol–water partition coefficient (Wildman–Crippen LogP) is 3.19. The van der Waals surface area contributed by atoms with Gasteiger partial charge in [0, 0.05) is 31.6 Å². The number of benzene rings is 2. The van der Waals surface area contributed by atoms with Crippen LogP contribution in [0, 0.1) is 11.7 Å². The first-order valence-electron chi connectivity index (χ1n) is 10.3. The molecule has 2 heterocycles. The summed E-state index contributed by atoms with van der Waals surface area (Å²) in [7, 11) is 1.77. The Bertz CT molecular complexity index is 1130. The lowest BCUT2D eigenvalue weighted by atomic mass is 10.0. The molecule has 3 aliphatic rings. The number of carbonyl (C=O) groups is 3. The molecule has 2 fully saturated rings. The SMILES string of the molecule is CN(C(=O)C1CC1)C1CN(C(=O)c2cc(/C=C3\OC(=O)c4ccccc43)ccc2F)C1. The molecule has 158 valence electrons. The highest BCUT2D eigenvalue weighted by molar-refractivity contribution is 6.06. The molecule has 0 atom stereocenters. The van der Waals surface area contributed by atoms with E-state index < -0.39 is 17.7 Å². The number of carbonyl (C=O) groups excluding carboxylic acids is 3. The molecule has 0 spiro atoms. The van der Waals surface area contributed by atoms with Gasteiger partial charge in [0.2, 0.25) is 5.91 Å². The number of cyclic esters (lactones) is 1. The van der Waals surface area contributed by atoms with Crippen LogP contribution >= 0.6 is 0 Å². The molecule has 2 aromatic rings. The summed E-state index contributed by atoms with van der Waals surface area (Å²) in [6.45, 7) is 0.785. The van der Waals surface area contributed by atoms with Crippen LogP contribution in [0.2, 0.25) is 0 Å². The van der Waals surface area contributed by atoms with Gasteiger partial charge in [-0.3, -0.25) is 9.59 Å². The number of likely N-dealkylation sites (tertiary alicyclic amines) is 1. The van der Waals surface area contributed by atoms with E-state index in [1.807, 2.05) is 0 Å². The molecule has 1 aliphatic carbocycles. The van der Waals surface area contributed by atoms with Crippen LogP contribution in [0.15, 0.2) is 42.5 Å². The highest BCUT2D eigenvalue weighted by Gasteiger charge is 2.40. The Hall–Kier alpha value is -3.48. The first kappa shape index (κ1) is 19.5. The summed E-state index contributed by atoms with van der Waals surface area (Å²) in [6.07, 6.45) is 3.50. The van der Waals surface area contributed by atoms with Gasteiger partial charge in [-0.25, -0.2) is 9.18 Å². The van der Waals surface area contributed by atoms with Crippen molar-refractivity contribution in [3.63, 3.8) is 0 Å². The van der Waals surface area contributed by atoms with Crippen LogP contribution in [-0.4, -0.2) is 53.8 Å². The van der Waals surface area contributed by atoms with Crippen molar-refractivity contribution in [3.05, 3.63) is 70.5 Å². The third-order valence-corrected chi connectivity index (χ3v) is 6.11. The predicted molar refractivity (Wildman–Crippen MR) is 111 cm³/mol. The van der Waals surface area contributed by atoms with Crippen LogP contribution in [0.5, 0.6) is 0 Å². The van der Waals surface area contributed by atoms with Gasteiger partial charge < -0.3 is 14.5 Å². The number of amides is 2. The summed E-state index contributed by atoms with van der Waals surface area (Å²) in [5.74, 6) is -0.825. The second kappa shape index (κ2) is 7.34. The number of fused-ring (bicyclic) bond motifs is 1. The van der Waals surface area contributed by atoms with Gasteiger partial charge in [-0.2, -0.15) is 0 Å². The van der Waals surface area contributed by atoms with Crippen LogP contribution in [0.25, 0.3) is 11.8 Å². The van der Waals surface area contributed by atoms with E-state index >= 15 is 0 Å². The average Bonchev–Trinajstić information content (AvgIpc) is 3.53. The molecule has 0 aromatic heterocycles. The largest absolute Gasteiger partial charge is 0.422 e. The quantitative estimate of drug-likeness (QED) is 0.713. The van der Waals surface area contributed by atoms with E-state index in [1.54, 1.807) is 47.2 Å². The van der Waals surface area contributed by atoms with Gasteiger partial charge in [0.05, 0.1) is 17.2 Å². The molecule has 2 amide bonds. The minimum Gasteiger partial charge on any atom is -0.422 e. The maximum atomic E-state index is 14.4. The third-order valence-electron chi connectivity index (χ3n) is 6.11. The lowest BCUT2D eigenvalue weighted by Crippen LogP contribution is -2.61. The fourth-order valence-electron chi connectivity index (χ4n) is 3.98. The number of rotatable bonds is 4. The van der Waals surface area contributed by atoms with Crippen molar-refractivity contribution >= 4 is 29.6 Å². The van der Waals surface area contributed by atoms with E-state index in [4.69, 9.17) is 4.74 Å². The van der Waals surface area contributed by atoms with Gasteiger partial charge in [0.1, 0.15) is 11.6 Å². The summed E-state index contributed by atoms with van der Waals surface area (Å²) < 4.78 is 19.8. The molecule has 0 radical (unpaired) electrons. The average molecular weight is 420 g/mol. The number of ether oxygens (including phenoxy) is 1. The van der Waals surface area contributed by atoms with Crippen molar-refractivity contribution in [1.82, 2.24) is 9.80 Å². The van der Waals surface area contributed by atoms with Crippen LogP contribution in [0.1, 0.15) is 44.7 Å². The zero-order valence-electron chi connectivity index (χ0n) is 17.0. The maximum Gasteiger partial charge on any atom is 0.344 e. The highest BCUT2D eigenvalue weighted by Crippen LogP contribution is 2.33. The standard InChI is InChI=1S/C24H21FN2O4/c1-26(22(28)15-7-8-15)16-12-27(13-16)23(29)19-10-14(6-9-20(19)25)11-21-17-4-2-3-5-18(17)24(30)31-21/h2-6,9-11,15-16H,7-8,12-13H2,1H3/b21-11-. The zero-order valence-corrected chi connectivity index (χ0v) is 17.0. The fourth-order valence-corrected chi connectivity index (χ4v) is 3.98. The van der Waals surface area contributed by atoms with Gasteiger partial charge in [0.25, 0.3) is 5.91 Å². The molecule has 6 nitrogen and oxygen atoms in total. The summed E-state index contributed by atoms with van der Waals surface area (Å²) in [5, 5.41) is 0. The number of nitrogens with zero attached hydrogens (tertiary/aromatic N) is 2. The first-order chi connectivity index (χ1) is 14.9. The number of halogens is 1. The topological polar surface area (TPSA) is 66.9 Å². The van der Waals surface area contributed by atoms with Crippen molar-refractivity contribution < 1.29 is 23.5 Å². The van der Waals surface area contributed by atoms with Crippen LogP contribution in [0.4, 0.5) is 4.39 Å². The Morgan fingerprint density at radius 2 is 1.84 bits per heavy atom. The molecule has 0 bridgehead atoms. The lowest BCUT2D eigenvalue weighted by Gasteiger charge is -2.44. The van der Waals surface area contributed by atoms with Crippen molar-refractivity contribution in [3.8, 4) is 0 Å². The minimum absolute atomic E-state index is 0.0279. The van der Waals surface area contributed by atoms with Gasteiger partial charge >= 0.3 is 5.97 Å². The second-order valence-electron chi connectivity index (χ2n) is 8.27. The van der Waals surface area contributed by atoms with Crippen LogP contribution in [-0.2, 0) is 9.53 Å². The highest BCUT2D eigenvalue weighted by atomic mass is 19.1. The molecule has 2 aliphatic heterocycles. The van der Waals surface area contributed by atoms with E-state index in [2.05, 4.69) is 0 Å². The summed E-state index contributed by atoms with van der Waals surface area (Å²) in [6, 6.07) is 11.2. The molecule has 7 heteroatoms. The van der Waals surface area contributed by atoms with E-state index in [9.17, 15) is 18.8 Å². The monoisotopic (exact) mass is 420 g/mol. The Morgan fingerprint density at radius 1 is 1.13 bits per heavy atom. The Morgan fingerprint density at radius 3 is 2.55 bits per heavy atom. The second-order valence-corrected chi connectivity index (χ2v) is 8.27. The Kier molecular flexibility index (Phi) is 4.61. The molecule has 0 N–H and O–H groups in total. The third kappa shape index (κ3) is 3.50. The number of hydrogen-bond acceptors (Lipinski definition) is 4. The van der Waals surface area contributed by atoms with Crippen LogP contribution in [0.3, 0.4) is 0 Å². The van der Waals surface area contributed by atoms with Crippen molar-refractivity contribution in [2.24, 2.45) is 5.92 Å². The van der Waals surface area contributed by atoms with Crippen molar-refractivity contribution in [2.75, 3.05) is 20.1 Å². The lowest BCUT2D eigenvalue weighted by molar-refractivity contribution is -0.136. The summed E-state index contributed by atoms with van der Waals surface area (Å²) in [4.78, 5) is 40.3. The number of esters is 1.